The van der Waals surface area contributed by atoms with Crippen molar-refractivity contribution in [3.8, 4) is 23.0 Å². The van der Waals surface area contributed by atoms with E-state index in [2.05, 4.69) is 21.1 Å². The van der Waals surface area contributed by atoms with Crippen molar-refractivity contribution in [1.29, 1.82) is 0 Å². The van der Waals surface area contributed by atoms with Gasteiger partial charge in [0.2, 0.25) is 0 Å². The summed E-state index contributed by atoms with van der Waals surface area (Å²) in [6.07, 6.45) is 2.39. The molecule has 0 bridgehead atoms. The van der Waals surface area contributed by atoms with Gasteiger partial charge in [0, 0.05) is 11.1 Å². The highest BCUT2D eigenvalue weighted by atomic mass is 16.3. The Morgan fingerprint density at radius 3 is 1.44 bits per heavy atom. The molecule has 0 unspecified atom stereocenters. The van der Waals surface area contributed by atoms with Crippen molar-refractivity contribution < 1.29 is 30.0 Å². The van der Waals surface area contributed by atoms with Crippen LogP contribution in [0.25, 0.3) is 10.8 Å². The fraction of sp³-hybridized carbons (Fsp3) is 0. The summed E-state index contributed by atoms with van der Waals surface area (Å²) in [4.78, 5) is 24.3. The minimum absolute atomic E-state index is 0.0357. The van der Waals surface area contributed by atoms with Crippen LogP contribution in [0.5, 0.6) is 23.0 Å². The van der Waals surface area contributed by atoms with Crippen molar-refractivity contribution in [3.63, 3.8) is 0 Å². The fourth-order valence-corrected chi connectivity index (χ4v) is 3.39. The highest BCUT2D eigenvalue weighted by molar-refractivity contribution is 6.05. The Morgan fingerprint density at radius 2 is 1.03 bits per heavy atom. The van der Waals surface area contributed by atoms with Gasteiger partial charge in [0.05, 0.1) is 28.9 Å². The zero-order valence-electron chi connectivity index (χ0n) is 18.6. The van der Waals surface area contributed by atoms with Crippen molar-refractivity contribution in [1.82, 2.24) is 10.9 Å². The molecule has 0 aromatic heterocycles. The number of hydrazone groups is 2. The van der Waals surface area contributed by atoms with Crippen LogP contribution in [-0.2, 0) is 0 Å². The van der Waals surface area contributed by atoms with E-state index in [0.717, 1.165) is 0 Å². The molecule has 4 rings (SSSR count). The number of amides is 2. The summed E-state index contributed by atoms with van der Waals surface area (Å²) in [5.41, 5.74) is 5.01. The van der Waals surface area contributed by atoms with Crippen molar-refractivity contribution in [2.75, 3.05) is 0 Å². The molecule has 0 spiro atoms. The molecule has 0 aliphatic carbocycles. The van der Waals surface area contributed by atoms with Crippen LogP contribution in [-0.4, -0.2) is 44.7 Å². The number of fused-ring (bicyclic) bond motifs is 1. The zero-order valence-corrected chi connectivity index (χ0v) is 18.6. The minimum Gasteiger partial charge on any atom is -0.507 e. The number of phenols is 4. The highest BCUT2D eigenvalue weighted by Crippen LogP contribution is 2.36. The summed E-state index contributed by atoms with van der Waals surface area (Å²) in [5.74, 6) is -2.27. The number of hydrogen-bond acceptors (Lipinski definition) is 8. The van der Waals surface area contributed by atoms with Crippen LogP contribution in [0.2, 0.25) is 0 Å². The topological polar surface area (TPSA) is 164 Å². The highest BCUT2D eigenvalue weighted by Gasteiger charge is 2.14. The first-order valence-corrected chi connectivity index (χ1v) is 10.6. The van der Waals surface area contributed by atoms with Crippen molar-refractivity contribution in [2.45, 2.75) is 0 Å². The quantitative estimate of drug-likeness (QED) is 0.182. The molecule has 4 aromatic rings. The van der Waals surface area contributed by atoms with Crippen LogP contribution in [0.3, 0.4) is 0 Å². The van der Waals surface area contributed by atoms with Crippen LogP contribution in [0.4, 0.5) is 0 Å². The van der Waals surface area contributed by atoms with Crippen LogP contribution < -0.4 is 10.9 Å². The van der Waals surface area contributed by atoms with Gasteiger partial charge in [0.1, 0.15) is 23.0 Å². The Bertz CT molecular complexity index is 1420. The minimum atomic E-state index is -0.642. The average Bonchev–Trinajstić information content (AvgIpc) is 2.87. The number of carbonyl (C=O) groups is 2. The van der Waals surface area contributed by atoms with E-state index in [1.54, 1.807) is 48.5 Å². The van der Waals surface area contributed by atoms with Gasteiger partial charge in [-0.25, -0.2) is 10.9 Å². The lowest BCUT2D eigenvalue weighted by atomic mass is 10.0. The van der Waals surface area contributed by atoms with Crippen LogP contribution in [0, 0.1) is 0 Å². The number of benzene rings is 4. The lowest BCUT2D eigenvalue weighted by Gasteiger charge is -2.09. The third-order valence-corrected chi connectivity index (χ3v) is 5.23. The summed E-state index contributed by atoms with van der Waals surface area (Å²) in [6.45, 7) is 0. The van der Waals surface area contributed by atoms with Gasteiger partial charge in [-0.1, -0.05) is 36.4 Å². The summed E-state index contributed by atoms with van der Waals surface area (Å²) in [5, 5.41) is 49.2. The van der Waals surface area contributed by atoms with Gasteiger partial charge >= 0.3 is 0 Å². The normalized spacial score (nSPS) is 11.2. The third-order valence-electron chi connectivity index (χ3n) is 5.23. The number of carbonyl (C=O) groups excluding carboxylic acids is 2. The van der Waals surface area contributed by atoms with Gasteiger partial charge < -0.3 is 20.4 Å². The summed E-state index contributed by atoms with van der Waals surface area (Å²) < 4.78 is 0. The average molecular weight is 484 g/mol. The van der Waals surface area contributed by atoms with E-state index in [1.165, 1.54) is 36.7 Å². The number of nitrogens with one attached hydrogen (secondary N) is 2. The molecule has 0 aliphatic rings. The van der Waals surface area contributed by atoms with E-state index in [9.17, 15) is 30.0 Å². The molecule has 0 fully saturated rings. The Morgan fingerprint density at radius 1 is 0.611 bits per heavy atom. The number of nitrogens with zero attached hydrogens (tertiary/aromatic N) is 2. The zero-order chi connectivity index (χ0) is 25.7. The Hall–Kier alpha value is -5.38. The molecule has 4 aromatic carbocycles. The van der Waals surface area contributed by atoms with Crippen molar-refractivity contribution >= 4 is 35.0 Å². The first-order chi connectivity index (χ1) is 17.4. The van der Waals surface area contributed by atoms with Gasteiger partial charge in [-0.3, -0.25) is 9.59 Å². The molecule has 0 heterocycles. The lowest BCUT2D eigenvalue weighted by Crippen LogP contribution is -2.17. The van der Waals surface area contributed by atoms with E-state index in [1.807, 2.05) is 0 Å². The van der Waals surface area contributed by atoms with Crippen LogP contribution in [0.15, 0.2) is 83.0 Å². The SMILES string of the molecule is O=C(N/N=C/c1ccc2ccc(/C=N/NC(=O)c3ccccc3O)c(O)c2c1O)c1ccccc1O. The summed E-state index contributed by atoms with van der Waals surface area (Å²) in [7, 11) is 0. The lowest BCUT2D eigenvalue weighted by molar-refractivity contribution is 0.0944. The molecule has 10 nitrogen and oxygen atoms in total. The standard InChI is InChI=1S/C26H20N4O6/c31-20-7-3-1-5-18(20)25(35)29-27-13-16-11-9-15-10-12-17(24(34)22(15)23(16)33)14-28-30-26(36)19-6-2-4-8-21(19)32/h1-14,31-34H,(H,29,35)(H,30,36)/b27-13+,28-14+. The first-order valence-electron chi connectivity index (χ1n) is 10.6. The second-order valence-corrected chi connectivity index (χ2v) is 7.54. The number of para-hydroxylation sites is 2. The van der Waals surface area contributed by atoms with Gasteiger partial charge in [0.25, 0.3) is 11.8 Å². The second-order valence-electron chi connectivity index (χ2n) is 7.54. The number of aromatic hydroxyl groups is 4. The van der Waals surface area contributed by atoms with Gasteiger partial charge in [-0.05, 0) is 41.8 Å². The molecule has 0 radical (unpaired) electrons. The Kier molecular flexibility index (Phi) is 6.78. The second kappa shape index (κ2) is 10.3. The van der Waals surface area contributed by atoms with E-state index < -0.39 is 11.8 Å². The number of rotatable bonds is 6. The largest absolute Gasteiger partial charge is 0.507 e. The van der Waals surface area contributed by atoms with Crippen molar-refractivity contribution in [3.05, 3.63) is 95.1 Å². The van der Waals surface area contributed by atoms with E-state index in [4.69, 9.17) is 0 Å². The third kappa shape index (κ3) is 4.92. The van der Waals surface area contributed by atoms with Gasteiger partial charge in [-0.2, -0.15) is 10.2 Å². The number of phenolic OH excluding ortho intramolecular Hbond substituents is 4. The van der Waals surface area contributed by atoms with Crippen LogP contribution >= 0.6 is 0 Å². The van der Waals surface area contributed by atoms with Gasteiger partial charge in [0.15, 0.2) is 0 Å². The monoisotopic (exact) mass is 484 g/mol. The Balaban J connectivity index is 1.53. The molecule has 0 saturated heterocycles. The molecular weight excluding hydrogens is 464 g/mol. The maximum absolute atomic E-state index is 12.2. The van der Waals surface area contributed by atoms with Crippen molar-refractivity contribution in [2.24, 2.45) is 10.2 Å². The first kappa shape index (κ1) is 23.8. The van der Waals surface area contributed by atoms with Crippen LogP contribution in [0.1, 0.15) is 31.8 Å². The molecule has 36 heavy (non-hydrogen) atoms. The maximum atomic E-state index is 12.2. The maximum Gasteiger partial charge on any atom is 0.275 e. The summed E-state index contributed by atoms with van der Waals surface area (Å²) >= 11 is 0. The predicted molar refractivity (Wildman–Crippen MR) is 134 cm³/mol. The molecule has 2 amide bonds. The van der Waals surface area contributed by atoms with E-state index in [0.29, 0.717) is 5.39 Å². The molecule has 0 saturated carbocycles. The number of hydrogen-bond donors (Lipinski definition) is 6. The molecule has 6 N–H and O–H groups in total. The fourth-order valence-electron chi connectivity index (χ4n) is 3.39. The van der Waals surface area contributed by atoms with E-state index in [-0.39, 0.29) is 50.6 Å². The smallest absolute Gasteiger partial charge is 0.275 e. The molecule has 0 atom stereocenters. The van der Waals surface area contributed by atoms with Gasteiger partial charge in [-0.15, -0.1) is 0 Å². The predicted octanol–water partition coefficient (Wildman–Crippen LogP) is 3.19. The molecule has 0 aliphatic heterocycles. The molecular formula is C26H20N4O6. The van der Waals surface area contributed by atoms with E-state index >= 15 is 0 Å². The molecule has 180 valence electrons. The Labute approximate surface area is 204 Å². The molecule has 10 heteroatoms. The summed E-state index contributed by atoms with van der Waals surface area (Å²) in [6, 6.07) is 18.3.